The molecule has 2 atom stereocenters. The molecule has 0 bridgehead atoms. The fraction of sp³-hybridized carbons (Fsp3) is 0.500. The highest BCUT2D eigenvalue weighted by Crippen LogP contribution is 2.21. The van der Waals surface area contributed by atoms with Crippen LogP contribution in [0.3, 0.4) is 0 Å². The molecule has 0 fully saturated rings. The zero-order valence-electron chi connectivity index (χ0n) is 11.6. The standard InChI is InChI=1S/C14H21FN2O2/c1-4-5-12(16)14(18)17-9(2)10-6-7-13(19-3)11(15)8-10/h6-9,12H,4-5,16H2,1-3H3,(H,17,18). The number of amides is 1. The smallest absolute Gasteiger partial charge is 0.237 e. The molecular formula is C14H21FN2O2. The van der Waals surface area contributed by atoms with E-state index in [9.17, 15) is 9.18 Å². The van der Waals surface area contributed by atoms with Gasteiger partial charge in [-0.3, -0.25) is 4.79 Å². The number of carbonyl (C=O) groups excluding carboxylic acids is 1. The van der Waals surface area contributed by atoms with Gasteiger partial charge in [-0.1, -0.05) is 19.4 Å². The van der Waals surface area contributed by atoms with Crippen LogP contribution in [0.2, 0.25) is 0 Å². The van der Waals surface area contributed by atoms with Crippen molar-refractivity contribution in [2.45, 2.75) is 38.8 Å². The van der Waals surface area contributed by atoms with Crippen LogP contribution in [0.1, 0.15) is 38.3 Å². The average molecular weight is 268 g/mol. The molecule has 0 radical (unpaired) electrons. The van der Waals surface area contributed by atoms with Crippen LogP contribution in [0, 0.1) is 5.82 Å². The van der Waals surface area contributed by atoms with Gasteiger partial charge in [0.2, 0.25) is 5.91 Å². The van der Waals surface area contributed by atoms with Crippen LogP contribution in [0.5, 0.6) is 5.75 Å². The third-order valence-corrected chi connectivity index (χ3v) is 2.97. The van der Waals surface area contributed by atoms with E-state index >= 15 is 0 Å². The van der Waals surface area contributed by atoms with Gasteiger partial charge in [0.1, 0.15) is 0 Å². The Morgan fingerprint density at radius 1 is 1.53 bits per heavy atom. The maximum atomic E-state index is 13.6. The van der Waals surface area contributed by atoms with Crippen molar-refractivity contribution in [2.75, 3.05) is 7.11 Å². The lowest BCUT2D eigenvalue weighted by molar-refractivity contribution is -0.123. The SMILES string of the molecule is CCCC(N)C(=O)NC(C)c1ccc(OC)c(F)c1. The van der Waals surface area contributed by atoms with E-state index in [1.807, 2.05) is 6.92 Å². The van der Waals surface area contributed by atoms with E-state index in [0.29, 0.717) is 12.0 Å². The van der Waals surface area contributed by atoms with Crippen molar-refractivity contribution in [3.8, 4) is 5.75 Å². The second-order valence-electron chi connectivity index (χ2n) is 4.52. The Kier molecular flexibility index (Phi) is 5.76. The molecule has 0 aliphatic rings. The third-order valence-electron chi connectivity index (χ3n) is 2.97. The van der Waals surface area contributed by atoms with Crippen molar-refractivity contribution in [3.05, 3.63) is 29.6 Å². The summed E-state index contributed by atoms with van der Waals surface area (Å²) in [5, 5.41) is 2.77. The minimum atomic E-state index is -0.518. The molecule has 0 saturated carbocycles. The first-order valence-electron chi connectivity index (χ1n) is 6.39. The molecule has 4 nitrogen and oxygen atoms in total. The highest BCUT2D eigenvalue weighted by molar-refractivity contribution is 5.81. The molecule has 5 heteroatoms. The molecule has 2 unspecified atom stereocenters. The lowest BCUT2D eigenvalue weighted by Gasteiger charge is -2.18. The molecule has 0 aromatic heterocycles. The van der Waals surface area contributed by atoms with Crippen LogP contribution < -0.4 is 15.8 Å². The van der Waals surface area contributed by atoms with E-state index in [2.05, 4.69) is 5.32 Å². The van der Waals surface area contributed by atoms with E-state index in [0.717, 1.165) is 6.42 Å². The van der Waals surface area contributed by atoms with Crippen molar-refractivity contribution in [3.63, 3.8) is 0 Å². The largest absolute Gasteiger partial charge is 0.494 e. The summed E-state index contributed by atoms with van der Waals surface area (Å²) in [6.07, 6.45) is 1.48. The normalized spacial score (nSPS) is 13.7. The van der Waals surface area contributed by atoms with Crippen LogP contribution in [0.25, 0.3) is 0 Å². The maximum Gasteiger partial charge on any atom is 0.237 e. The zero-order valence-corrected chi connectivity index (χ0v) is 11.6. The van der Waals surface area contributed by atoms with E-state index in [-0.39, 0.29) is 17.7 Å². The fourth-order valence-electron chi connectivity index (χ4n) is 1.80. The van der Waals surface area contributed by atoms with Crippen molar-refractivity contribution in [2.24, 2.45) is 5.73 Å². The minimum absolute atomic E-state index is 0.185. The van der Waals surface area contributed by atoms with Crippen LogP contribution in [0.15, 0.2) is 18.2 Å². The van der Waals surface area contributed by atoms with Crippen molar-refractivity contribution >= 4 is 5.91 Å². The number of hydrogen-bond acceptors (Lipinski definition) is 3. The number of methoxy groups -OCH3 is 1. The van der Waals surface area contributed by atoms with Gasteiger partial charge in [0, 0.05) is 0 Å². The van der Waals surface area contributed by atoms with Gasteiger partial charge in [-0.15, -0.1) is 0 Å². The molecule has 0 aliphatic carbocycles. The van der Waals surface area contributed by atoms with Crippen LogP contribution >= 0.6 is 0 Å². The Bertz CT molecular complexity index is 437. The first-order chi connectivity index (χ1) is 8.99. The van der Waals surface area contributed by atoms with Crippen molar-refractivity contribution < 1.29 is 13.9 Å². The lowest BCUT2D eigenvalue weighted by atomic mass is 10.1. The number of nitrogens with one attached hydrogen (secondary N) is 1. The Balaban J connectivity index is 2.70. The maximum absolute atomic E-state index is 13.6. The first-order valence-corrected chi connectivity index (χ1v) is 6.39. The van der Waals surface area contributed by atoms with E-state index < -0.39 is 11.9 Å². The Hall–Kier alpha value is -1.62. The highest BCUT2D eigenvalue weighted by atomic mass is 19.1. The van der Waals surface area contributed by atoms with Crippen LogP contribution in [-0.4, -0.2) is 19.1 Å². The minimum Gasteiger partial charge on any atom is -0.494 e. The van der Waals surface area contributed by atoms with Crippen molar-refractivity contribution in [1.82, 2.24) is 5.32 Å². The molecule has 0 saturated heterocycles. The fourth-order valence-corrected chi connectivity index (χ4v) is 1.80. The van der Waals surface area contributed by atoms with Gasteiger partial charge < -0.3 is 15.8 Å². The summed E-state index contributed by atoms with van der Waals surface area (Å²) >= 11 is 0. The molecule has 19 heavy (non-hydrogen) atoms. The highest BCUT2D eigenvalue weighted by Gasteiger charge is 2.16. The molecule has 0 aliphatic heterocycles. The van der Waals surface area contributed by atoms with Gasteiger partial charge in [0.15, 0.2) is 11.6 Å². The molecule has 1 amide bonds. The topological polar surface area (TPSA) is 64.4 Å². The third kappa shape index (κ3) is 4.21. The second-order valence-corrected chi connectivity index (χ2v) is 4.52. The number of benzene rings is 1. The second kappa shape index (κ2) is 7.09. The summed E-state index contributed by atoms with van der Waals surface area (Å²) < 4.78 is 18.4. The molecule has 106 valence electrons. The van der Waals surface area contributed by atoms with E-state index in [1.54, 1.807) is 19.1 Å². The predicted octanol–water partition coefficient (Wildman–Crippen LogP) is 2.14. The number of carbonyl (C=O) groups is 1. The molecular weight excluding hydrogens is 247 g/mol. The van der Waals surface area contributed by atoms with Gasteiger partial charge in [-0.05, 0) is 31.0 Å². The monoisotopic (exact) mass is 268 g/mol. The number of halogens is 1. The summed E-state index contributed by atoms with van der Waals surface area (Å²) in [5.74, 6) is -0.477. The average Bonchev–Trinajstić information content (AvgIpc) is 2.38. The van der Waals surface area contributed by atoms with Crippen LogP contribution in [0.4, 0.5) is 4.39 Å². The number of rotatable bonds is 6. The zero-order chi connectivity index (χ0) is 14.4. The van der Waals surface area contributed by atoms with E-state index in [4.69, 9.17) is 10.5 Å². The van der Waals surface area contributed by atoms with Gasteiger partial charge >= 0.3 is 0 Å². The van der Waals surface area contributed by atoms with E-state index in [1.165, 1.54) is 13.2 Å². The van der Waals surface area contributed by atoms with Gasteiger partial charge in [-0.25, -0.2) is 4.39 Å². The predicted molar refractivity (Wildman–Crippen MR) is 72.4 cm³/mol. The summed E-state index contributed by atoms with van der Waals surface area (Å²) in [6.45, 7) is 3.76. The number of ether oxygens (including phenoxy) is 1. The summed E-state index contributed by atoms with van der Waals surface area (Å²) in [7, 11) is 1.41. The first kappa shape index (κ1) is 15.4. The quantitative estimate of drug-likeness (QED) is 0.830. The van der Waals surface area contributed by atoms with Gasteiger partial charge in [0.25, 0.3) is 0 Å². The summed E-state index contributed by atoms with van der Waals surface area (Å²) in [4.78, 5) is 11.8. The molecule has 1 rings (SSSR count). The Morgan fingerprint density at radius 3 is 2.74 bits per heavy atom. The van der Waals surface area contributed by atoms with Gasteiger partial charge in [0.05, 0.1) is 19.2 Å². The van der Waals surface area contributed by atoms with Gasteiger partial charge in [-0.2, -0.15) is 0 Å². The van der Waals surface area contributed by atoms with Crippen molar-refractivity contribution in [1.29, 1.82) is 0 Å². The molecule has 0 spiro atoms. The summed E-state index contributed by atoms with van der Waals surface area (Å²) in [5.41, 5.74) is 6.40. The molecule has 3 N–H and O–H groups in total. The Morgan fingerprint density at radius 2 is 2.21 bits per heavy atom. The van der Waals surface area contributed by atoms with Crippen LogP contribution in [-0.2, 0) is 4.79 Å². The lowest BCUT2D eigenvalue weighted by Crippen LogP contribution is -2.41. The number of nitrogens with two attached hydrogens (primary N) is 1. The summed E-state index contributed by atoms with van der Waals surface area (Å²) in [6, 6.07) is 3.80. The Labute approximate surface area is 113 Å². The molecule has 1 aromatic rings. The number of hydrogen-bond donors (Lipinski definition) is 2. The molecule has 1 aromatic carbocycles. The molecule has 0 heterocycles.